The Bertz CT molecular complexity index is 226. The number of rotatable bonds is 2. The van der Waals surface area contributed by atoms with E-state index in [1.54, 1.807) is 0 Å². The summed E-state index contributed by atoms with van der Waals surface area (Å²) in [6, 6.07) is 0. The van der Waals surface area contributed by atoms with E-state index in [0.717, 1.165) is 19.5 Å². The van der Waals surface area contributed by atoms with Gasteiger partial charge in [-0.3, -0.25) is 4.99 Å². The van der Waals surface area contributed by atoms with Gasteiger partial charge in [0.2, 0.25) is 0 Å². The number of hydrogen-bond acceptors (Lipinski definition) is 2. The van der Waals surface area contributed by atoms with Gasteiger partial charge < -0.3 is 4.90 Å². The minimum Gasteiger partial charge on any atom is -0.375 e. The molecule has 1 rings (SSSR count). The predicted molar refractivity (Wildman–Crippen MR) is 58.1 cm³/mol. The maximum absolute atomic E-state index is 4.62. The van der Waals surface area contributed by atoms with Crippen molar-refractivity contribution in [3.63, 3.8) is 0 Å². The average molecular weight is 180 g/mol. The van der Waals surface area contributed by atoms with Gasteiger partial charge in [-0.05, 0) is 19.0 Å². The van der Waals surface area contributed by atoms with Gasteiger partial charge in [0, 0.05) is 25.7 Å². The van der Waals surface area contributed by atoms with E-state index in [1.165, 1.54) is 11.3 Å². The van der Waals surface area contributed by atoms with Crippen LogP contribution in [0.4, 0.5) is 0 Å². The molecule has 0 radical (unpaired) electrons. The molecule has 0 saturated carbocycles. The fraction of sp³-hybridized carbons (Fsp3) is 0.727. The standard InChI is InChI=1S/C11H20N2/c1-9(2)6-12-11-5-10(3)7-13(4)8-11/h7,9H,5-6,8H2,1-4H3. The van der Waals surface area contributed by atoms with Gasteiger partial charge >= 0.3 is 0 Å². The Labute approximate surface area is 81.3 Å². The van der Waals surface area contributed by atoms with E-state index in [1.807, 2.05) is 0 Å². The van der Waals surface area contributed by atoms with Crippen molar-refractivity contribution >= 4 is 5.71 Å². The summed E-state index contributed by atoms with van der Waals surface area (Å²) in [6.07, 6.45) is 3.27. The Hall–Kier alpha value is -0.790. The Morgan fingerprint density at radius 2 is 2.23 bits per heavy atom. The zero-order valence-corrected chi connectivity index (χ0v) is 9.17. The molecule has 0 N–H and O–H groups in total. The molecule has 2 nitrogen and oxygen atoms in total. The molecule has 1 heterocycles. The van der Waals surface area contributed by atoms with Crippen LogP contribution in [-0.4, -0.2) is 30.7 Å². The van der Waals surface area contributed by atoms with Gasteiger partial charge in [-0.2, -0.15) is 0 Å². The van der Waals surface area contributed by atoms with Crippen molar-refractivity contribution in [2.45, 2.75) is 27.2 Å². The fourth-order valence-electron chi connectivity index (χ4n) is 1.55. The minimum absolute atomic E-state index is 0.670. The van der Waals surface area contributed by atoms with Crippen LogP contribution in [0.1, 0.15) is 27.2 Å². The average Bonchev–Trinajstić information content (AvgIpc) is 1.99. The summed E-state index contributed by atoms with van der Waals surface area (Å²) < 4.78 is 0. The Balaban J connectivity index is 2.54. The van der Waals surface area contributed by atoms with Crippen LogP contribution in [0, 0.1) is 5.92 Å². The number of nitrogens with zero attached hydrogens (tertiary/aromatic N) is 2. The molecule has 0 unspecified atom stereocenters. The third kappa shape index (κ3) is 3.62. The summed E-state index contributed by atoms with van der Waals surface area (Å²) in [5.74, 6) is 0.670. The lowest BCUT2D eigenvalue weighted by Crippen LogP contribution is -2.26. The molecule has 1 aliphatic heterocycles. The van der Waals surface area contributed by atoms with Crippen LogP contribution in [-0.2, 0) is 0 Å². The highest BCUT2D eigenvalue weighted by Gasteiger charge is 2.09. The molecule has 0 aliphatic carbocycles. The van der Waals surface area contributed by atoms with Gasteiger partial charge in [0.1, 0.15) is 0 Å². The molecule has 0 amide bonds. The monoisotopic (exact) mass is 180 g/mol. The van der Waals surface area contributed by atoms with E-state index in [4.69, 9.17) is 0 Å². The SMILES string of the molecule is CC1=CN(C)CC(=NCC(C)C)C1. The van der Waals surface area contributed by atoms with Crippen molar-refractivity contribution < 1.29 is 0 Å². The van der Waals surface area contributed by atoms with Crippen molar-refractivity contribution in [3.8, 4) is 0 Å². The van der Waals surface area contributed by atoms with Gasteiger partial charge in [0.25, 0.3) is 0 Å². The second-order valence-electron chi connectivity index (χ2n) is 4.37. The number of aliphatic imine (C=N–C) groups is 1. The molecule has 0 saturated heterocycles. The highest BCUT2D eigenvalue weighted by Crippen LogP contribution is 2.11. The van der Waals surface area contributed by atoms with Crippen LogP contribution < -0.4 is 0 Å². The minimum atomic E-state index is 0.670. The third-order valence-corrected chi connectivity index (χ3v) is 2.04. The topological polar surface area (TPSA) is 15.6 Å². The molecule has 0 aromatic carbocycles. The summed E-state index contributed by atoms with van der Waals surface area (Å²) >= 11 is 0. The number of allylic oxidation sites excluding steroid dienone is 1. The van der Waals surface area contributed by atoms with Crippen LogP contribution in [0.15, 0.2) is 16.8 Å². The van der Waals surface area contributed by atoms with Gasteiger partial charge in [0.15, 0.2) is 0 Å². The molecule has 13 heavy (non-hydrogen) atoms. The first-order chi connectivity index (χ1) is 6.08. The van der Waals surface area contributed by atoms with Crippen LogP contribution in [0.25, 0.3) is 0 Å². The van der Waals surface area contributed by atoms with E-state index in [-0.39, 0.29) is 0 Å². The summed E-state index contributed by atoms with van der Waals surface area (Å²) in [6.45, 7) is 8.56. The number of hydrogen-bond donors (Lipinski definition) is 0. The van der Waals surface area contributed by atoms with Crippen molar-refractivity contribution in [1.82, 2.24) is 4.90 Å². The molecule has 0 bridgehead atoms. The zero-order chi connectivity index (χ0) is 9.84. The Kier molecular flexibility index (Phi) is 3.52. The lowest BCUT2D eigenvalue weighted by molar-refractivity contribution is 0.503. The smallest absolute Gasteiger partial charge is 0.0552 e. The van der Waals surface area contributed by atoms with Gasteiger partial charge in [-0.25, -0.2) is 0 Å². The van der Waals surface area contributed by atoms with Gasteiger partial charge in [-0.15, -0.1) is 0 Å². The quantitative estimate of drug-likeness (QED) is 0.637. The molecule has 2 heteroatoms. The third-order valence-electron chi connectivity index (χ3n) is 2.04. The normalized spacial score (nSPS) is 21.2. The second kappa shape index (κ2) is 4.45. The summed E-state index contributed by atoms with van der Waals surface area (Å²) in [4.78, 5) is 6.82. The molecular formula is C11H20N2. The Morgan fingerprint density at radius 1 is 1.54 bits per heavy atom. The second-order valence-corrected chi connectivity index (χ2v) is 4.37. The molecule has 0 aromatic rings. The summed E-state index contributed by atoms with van der Waals surface area (Å²) in [7, 11) is 2.10. The van der Waals surface area contributed by atoms with Gasteiger partial charge in [-0.1, -0.05) is 19.4 Å². The van der Waals surface area contributed by atoms with Crippen LogP contribution >= 0.6 is 0 Å². The van der Waals surface area contributed by atoms with Crippen molar-refractivity contribution in [1.29, 1.82) is 0 Å². The first-order valence-corrected chi connectivity index (χ1v) is 4.97. The highest BCUT2D eigenvalue weighted by atomic mass is 15.1. The summed E-state index contributed by atoms with van der Waals surface area (Å²) in [5, 5.41) is 0. The largest absolute Gasteiger partial charge is 0.375 e. The Morgan fingerprint density at radius 3 is 2.77 bits per heavy atom. The van der Waals surface area contributed by atoms with Crippen LogP contribution in [0.3, 0.4) is 0 Å². The van der Waals surface area contributed by atoms with E-state index in [2.05, 4.69) is 43.9 Å². The van der Waals surface area contributed by atoms with Crippen molar-refractivity contribution in [2.24, 2.45) is 10.9 Å². The lowest BCUT2D eigenvalue weighted by Gasteiger charge is -2.22. The lowest BCUT2D eigenvalue weighted by atomic mass is 10.1. The van der Waals surface area contributed by atoms with E-state index < -0.39 is 0 Å². The molecule has 1 aliphatic rings. The van der Waals surface area contributed by atoms with E-state index in [9.17, 15) is 0 Å². The van der Waals surface area contributed by atoms with Crippen LogP contribution in [0.2, 0.25) is 0 Å². The maximum atomic E-state index is 4.62. The van der Waals surface area contributed by atoms with Crippen LogP contribution in [0.5, 0.6) is 0 Å². The molecule has 0 spiro atoms. The zero-order valence-electron chi connectivity index (χ0n) is 9.17. The fourth-order valence-corrected chi connectivity index (χ4v) is 1.55. The first-order valence-electron chi connectivity index (χ1n) is 4.97. The van der Waals surface area contributed by atoms with Gasteiger partial charge in [0.05, 0.1) is 6.54 Å². The van der Waals surface area contributed by atoms with Crippen molar-refractivity contribution in [2.75, 3.05) is 20.1 Å². The summed E-state index contributed by atoms with van der Waals surface area (Å²) in [5.41, 5.74) is 2.74. The molecule has 0 atom stereocenters. The molecule has 0 fully saturated rings. The van der Waals surface area contributed by atoms with Crippen molar-refractivity contribution in [3.05, 3.63) is 11.8 Å². The van der Waals surface area contributed by atoms with E-state index in [0.29, 0.717) is 5.92 Å². The molecular weight excluding hydrogens is 160 g/mol. The molecule has 74 valence electrons. The predicted octanol–water partition coefficient (Wildman–Crippen LogP) is 2.32. The highest BCUT2D eigenvalue weighted by molar-refractivity contribution is 5.89. The molecule has 0 aromatic heterocycles. The van der Waals surface area contributed by atoms with E-state index >= 15 is 0 Å². The maximum Gasteiger partial charge on any atom is 0.0552 e. The first kappa shape index (κ1) is 10.3.